The lowest BCUT2D eigenvalue weighted by molar-refractivity contribution is 0.0946. The highest BCUT2D eigenvalue weighted by atomic mass is 16.1. The van der Waals surface area contributed by atoms with E-state index in [0.29, 0.717) is 0 Å². The molecule has 3 nitrogen and oxygen atoms in total. The fourth-order valence-electron chi connectivity index (χ4n) is 1.90. The van der Waals surface area contributed by atoms with Gasteiger partial charge in [0.1, 0.15) is 0 Å². The molecule has 2 rings (SSSR count). The minimum atomic E-state index is 0.0291. The van der Waals surface area contributed by atoms with Crippen LogP contribution in [0.3, 0.4) is 0 Å². The van der Waals surface area contributed by atoms with E-state index in [-0.39, 0.29) is 11.9 Å². The van der Waals surface area contributed by atoms with Crippen LogP contribution < -0.4 is 11.1 Å². The van der Waals surface area contributed by atoms with Gasteiger partial charge in [-0.25, -0.2) is 0 Å². The molecule has 0 radical (unpaired) electrons. The van der Waals surface area contributed by atoms with E-state index in [9.17, 15) is 4.79 Å². The van der Waals surface area contributed by atoms with Crippen LogP contribution in [-0.4, -0.2) is 12.5 Å². The Kier molecular flexibility index (Phi) is 2.73. The Balaban J connectivity index is 2.39. The largest absolute Gasteiger partial charge is 0.352 e. The van der Waals surface area contributed by atoms with Crippen molar-refractivity contribution in [3.63, 3.8) is 0 Å². The third kappa shape index (κ3) is 1.88. The number of carbonyl (C=O) groups is 1. The number of nitrogens with two attached hydrogens (primary N) is 1. The highest BCUT2D eigenvalue weighted by Crippen LogP contribution is 2.20. The number of hydrogen-bond donors (Lipinski definition) is 2. The highest BCUT2D eigenvalue weighted by Gasteiger charge is 2.17. The summed E-state index contributed by atoms with van der Waals surface area (Å²) in [5.74, 6) is 0.0291. The zero-order chi connectivity index (χ0) is 10.8. The van der Waals surface area contributed by atoms with Gasteiger partial charge in [0.05, 0.1) is 0 Å². The molecule has 1 aliphatic heterocycles. The van der Waals surface area contributed by atoms with Crippen molar-refractivity contribution in [3.05, 3.63) is 34.9 Å². The molecule has 1 aromatic carbocycles. The summed E-state index contributed by atoms with van der Waals surface area (Å²) in [4.78, 5) is 11.6. The minimum absolute atomic E-state index is 0.0291. The zero-order valence-corrected chi connectivity index (χ0v) is 8.92. The number of benzene rings is 1. The van der Waals surface area contributed by atoms with Crippen molar-refractivity contribution >= 4 is 5.91 Å². The minimum Gasteiger partial charge on any atom is -0.352 e. The molecule has 0 spiro atoms. The fraction of sp³-hybridized carbons (Fsp3) is 0.417. The normalized spacial score (nSPS) is 16.8. The molecule has 1 aliphatic rings. The summed E-state index contributed by atoms with van der Waals surface area (Å²) in [7, 11) is 0. The fourth-order valence-corrected chi connectivity index (χ4v) is 1.90. The second-order valence-electron chi connectivity index (χ2n) is 3.94. The van der Waals surface area contributed by atoms with Crippen LogP contribution in [0.25, 0.3) is 0 Å². The van der Waals surface area contributed by atoms with E-state index in [1.165, 1.54) is 0 Å². The van der Waals surface area contributed by atoms with Crippen molar-refractivity contribution in [2.45, 2.75) is 25.8 Å². The molecule has 80 valence electrons. The standard InChI is InChI=1S/C12H16N2O/c1-2-11(13)9-4-3-8-5-6-14-12(15)10(8)7-9/h3-4,7,11H,2,5-6,13H2,1H3,(H,14,15)/t11-/m1/s1. The summed E-state index contributed by atoms with van der Waals surface area (Å²) in [5.41, 5.74) is 8.91. The Labute approximate surface area is 89.7 Å². The molecule has 0 aromatic heterocycles. The van der Waals surface area contributed by atoms with Crippen LogP contribution in [0, 0.1) is 0 Å². The van der Waals surface area contributed by atoms with Gasteiger partial charge in [-0.3, -0.25) is 4.79 Å². The van der Waals surface area contributed by atoms with E-state index >= 15 is 0 Å². The van der Waals surface area contributed by atoms with Crippen LogP contribution >= 0.6 is 0 Å². The Hall–Kier alpha value is -1.35. The summed E-state index contributed by atoms with van der Waals surface area (Å²) >= 11 is 0. The highest BCUT2D eigenvalue weighted by molar-refractivity contribution is 5.96. The number of fused-ring (bicyclic) bond motifs is 1. The molecule has 1 amide bonds. The van der Waals surface area contributed by atoms with Gasteiger partial charge in [0.25, 0.3) is 5.91 Å². The number of rotatable bonds is 2. The molecule has 3 heteroatoms. The van der Waals surface area contributed by atoms with Crippen LogP contribution in [0.4, 0.5) is 0 Å². The quantitative estimate of drug-likeness (QED) is 0.764. The summed E-state index contributed by atoms with van der Waals surface area (Å²) in [6.07, 6.45) is 1.81. The van der Waals surface area contributed by atoms with E-state index in [0.717, 1.165) is 36.1 Å². The van der Waals surface area contributed by atoms with Crippen LogP contribution in [0.5, 0.6) is 0 Å². The molecular weight excluding hydrogens is 188 g/mol. The smallest absolute Gasteiger partial charge is 0.251 e. The number of carbonyl (C=O) groups excluding carboxylic acids is 1. The van der Waals surface area contributed by atoms with Gasteiger partial charge < -0.3 is 11.1 Å². The second-order valence-corrected chi connectivity index (χ2v) is 3.94. The average molecular weight is 204 g/mol. The molecule has 15 heavy (non-hydrogen) atoms. The first-order valence-electron chi connectivity index (χ1n) is 5.39. The third-order valence-electron chi connectivity index (χ3n) is 2.93. The molecule has 0 bridgehead atoms. The number of amides is 1. The Morgan fingerprint density at radius 3 is 3.07 bits per heavy atom. The van der Waals surface area contributed by atoms with Gasteiger partial charge in [0.15, 0.2) is 0 Å². The molecule has 1 aromatic rings. The maximum absolute atomic E-state index is 11.6. The average Bonchev–Trinajstić information content (AvgIpc) is 2.28. The topological polar surface area (TPSA) is 55.1 Å². The Morgan fingerprint density at radius 2 is 2.33 bits per heavy atom. The SMILES string of the molecule is CC[C@@H](N)c1ccc2c(c1)C(=O)NCC2. The van der Waals surface area contributed by atoms with Crippen LogP contribution in [0.2, 0.25) is 0 Å². The number of nitrogens with one attached hydrogen (secondary N) is 1. The summed E-state index contributed by atoms with van der Waals surface area (Å²) < 4.78 is 0. The van der Waals surface area contributed by atoms with Crippen molar-refractivity contribution in [1.29, 1.82) is 0 Å². The molecule has 1 heterocycles. The summed E-state index contributed by atoms with van der Waals surface area (Å²) in [6, 6.07) is 6.02. The number of hydrogen-bond acceptors (Lipinski definition) is 2. The third-order valence-corrected chi connectivity index (χ3v) is 2.93. The van der Waals surface area contributed by atoms with Crippen molar-refractivity contribution in [2.24, 2.45) is 5.73 Å². The van der Waals surface area contributed by atoms with Crippen molar-refractivity contribution < 1.29 is 4.79 Å². The second kappa shape index (κ2) is 4.03. The van der Waals surface area contributed by atoms with E-state index in [2.05, 4.69) is 5.32 Å². The molecule has 3 N–H and O–H groups in total. The molecular formula is C12H16N2O. The van der Waals surface area contributed by atoms with E-state index in [4.69, 9.17) is 5.73 Å². The summed E-state index contributed by atoms with van der Waals surface area (Å²) in [5, 5.41) is 2.84. The van der Waals surface area contributed by atoms with Crippen LogP contribution in [0.15, 0.2) is 18.2 Å². The van der Waals surface area contributed by atoms with E-state index in [1.807, 2.05) is 25.1 Å². The van der Waals surface area contributed by atoms with Crippen molar-refractivity contribution in [3.8, 4) is 0 Å². The Morgan fingerprint density at radius 1 is 1.53 bits per heavy atom. The van der Waals surface area contributed by atoms with Crippen molar-refractivity contribution in [2.75, 3.05) is 6.54 Å². The van der Waals surface area contributed by atoms with Gasteiger partial charge in [-0.2, -0.15) is 0 Å². The Bertz CT molecular complexity index is 387. The van der Waals surface area contributed by atoms with Gasteiger partial charge >= 0.3 is 0 Å². The predicted molar refractivity (Wildman–Crippen MR) is 59.7 cm³/mol. The molecule has 0 aliphatic carbocycles. The monoisotopic (exact) mass is 204 g/mol. The van der Waals surface area contributed by atoms with Gasteiger partial charge in [0, 0.05) is 18.2 Å². The first-order chi connectivity index (χ1) is 7.22. The predicted octanol–water partition coefficient (Wildman–Crippen LogP) is 1.38. The molecule has 0 saturated carbocycles. The molecule has 1 atom stereocenters. The van der Waals surface area contributed by atoms with Gasteiger partial charge in [0.2, 0.25) is 0 Å². The van der Waals surface area contributed by atoms with E-state index < -0.39 is 0 Å². The maximum Gasteiger partial charge on any atom is 0.251 e. The lowest BCUT2D eigenvalue weighted by Gasteiger charge is -2.18. The van der Waals surface area contributed by atoms with Crippen LogP contribution in [0.1, 0.15) is 40.9 Å². The van der Waals surface area contributed by atoms with Gasteiger partial charge in [-0.05, 0) is 30.0 Å². The first-order valence-corrected chi connectivity index (χ1v) is 5.39. The summed E-state index contributed by atoms with van der Waals surface area (Å²) in [6.45, 7) is 2.79. The maximum atomic E-state index is 11.6. The lowest BCUT2D eigenvalue weighted by Crippen LogP contribution is -2.32. The van der Waals surface area contributed by atoms with Crippen molar-refractivity contribution in [1.82, 2.24) is 5.32 Å². The van der Waals surface area contributed by atoms with Gasteiger partial charge in [-0.15, -0.1) is 0 Å². The lowest BCUT2D eigenvalue weighted by atomic mass is 9.95. The molecule has 0 saturated heterocycles. The van der Waals surface area contributed by atoms with Crippen LogP contribution in [-0.2, 0) is 6.42 Å². The van der Waals surface area contributed by atoms with E-state index in [1.54, 1.807) is 0 Å². The molecule has 0 fully saturated rings. The first kappa shape index (κ1) is 10.2. The van der Waals surface area contributed by atoms with Gasteiger partial charge in [-0.1, -0.05) is 19.1 Å². The molecule has 0 unspecified atom stereocenters. The zero-order valence-electron chi connectivity index (χ0n) is 8.92.